The van der Waals surface area contributed by atoms with Crippen molar-refractivity contribution >= 4 is 35.3 Å². The molecule has 6 amide bonds. The molecule has 18 heteroatoms. The summed E-state index contributed by atoms with van der Waals surface area (Å²) in [4.78, 5) is 87.0. The van der Waals surface area contributed by atoms with Crippen molar-refractivity contribution in [2.24, 2.45) is 22.7 Å². The van der Waals surface area contributed by atoms with Crippen molar-refractivity contribution < 1.29 is 28.7 Å². The highest BCUT2D eigenvalue weighted by Gasteiger charge is 2.41. The van der Waals surface area contributed by atoms with E-state index in [1.165, 1.54) is 22.5 Å². The van der Waals surface area contributed by atoms with Crippen LogP contribution in [0.1, 0.15) is 132 Å². The standard InChI is InChI=1S/C52H74N12O6/c1-31(2)46(58-51(67)61-18-22-69-23-19-61)49(65)63-14-6-8-35(63)28-43-53-30-40(56-43)36-10-11-41(45-38-27-33(5)26-37(55-38)44(36)45)60-16-12-34(13-17-60)39-29-54-48(57-39)42-9-7-15-64(42)50(66)47(32(3)4)59-52(68)62-20-24-70-25-21-62/h10-11,29-35,38,42,46-47H,6-9,12-28H2,1-5H3,(H,53,56)(H,54,57)(H,58,67)(H,59,68). The van der Waals surface area contributed by atoms with E-state index in [4.69, 9.17) is 24.4 Å². The number of carbonyl (C=O) groups is 4. The Kier molecular flexibility index (Phi) is 14.2. The van der Waals surface area contributed by atoms with Gasteiger partial charge in [-0.05, 0) is 75.2 Å². The molecule has 6 atom stereocenters. The molecule has 5 saturated heterocycles. The van der Waals surface area contributed by atoms with Crippen LogP contribution in [0.15, 0.2) is 29.5 Å². The molecule has 378 valence electrons. The second-order valence-corrected chi connectivity index (χ2v) is 21.5. The van der Waals surface area contributed by atoms with Crippen LogP contribution >= 0.6 is 0 Å². The van der Waals surface area contributed by atoms with Crippen LogP contribution in [0.4, 0.5) is 15.3 Å². The zero-order chi connectivity index (χ0) is 48.6. The number of nitrogens with zero attached hydrogens (tertiary/aromatic N) is 8. The lowest BCUT2D eigenvalue weighted by atomic mass is 9.90. The van der Waals surface area contributed by atoms with Crippen molar-refractivity contribution in [2.45, 2.75) is 129 Å². The van der Waals surface area contributed by atoms with Crippen molar-refractivity contribution in [3.63, 3.8) is 0 Å². The highest BCUT2D eigenvalue weighted by molar-refractivity contribution is 6.11. The van der Waals surface area contributed by atoms with Gasteiger partial charge < -0.3 is 54.6 Å². The summed E-state index contributed by atoms with van der Waals surface area (Å²) in [6.45, 7) is 17.6. The van der Waals surface area contributed by atoms with Gasteiger partial charge in [-0.2, -0.15) is 0 Å². The summed E-state index contributed by atoms with van der Waals surface area (Å²) in [6.07, 6.45) is 12.0. The zero-order valence-electron chi connectivity index (χ0n) is 41.9. The molecule has 9 heterocycles. The van der Waals surface area contributed by atoms with E-state index in [0.29, 0.717) is 84.0 Å². The minimum atomic E-state index is -0.616. The average molecular weight is 963 g/mol. The number of piperidine rings is 1. The first kappa shape index (κ1) is 48.2. The van der Waals surface area contributed by atoms with Crippen LogP contribution in [0, 0.1) is 17.8 Å². The monoisotopic (exact) mass is 963 g/mol. The predicted molar refractivity (Wildman–Crippen MR) is 266 cm³/mol. The Morgan fingerprint density at radius 2 is 1.37 bits per heavy atom. The number of carbonyl (C=O) groups excluding carboxylic acids is 4. The molecular formula is C52H74N12O6. The smallest absolute Gasteiger partial charge is 0.318 e. The minimum absolute atomic E-state index is 0.00702. The van der Waals surface area contributed by atoms with Gasteiger partial charge in [0.25, 0.3) is 0 Å². The van der Waals surface area contributed by atoms with Crippen molar-refractivity contribution in [2.75, 3.05) is 83.7 Å². The quantitative estimate of drug-likeness (QED) is 0.174. The molecule has 3 aromatic rings. The number of benzene rings is 1. The number of urea groups is 2. The van der Waals surface area contributed by atoms with Gasteiger partial charge in [0.05, 0.1) is 50.4 Å². The normalized spacial score (nSPS) is 24.8. The van der Waals surface area contributed by atoms with E-state index in [-0.39, 0.29) is 53.8 Å². The molecule has 2 bridgehead atoms. The molecule has 7 aliphatic rings. The first-order valence-electron chi connectivity index (χ1n) is 26.4. The molecule has 18 nitrogen and oxygen atoms in total. The van der Waals surface area contributed by atoms with Crippen LogP contribution in [-0.2, 0) is 25.5 Å². The number of morpholine rings is 2. The van der Waals surface area contributed by atoms with E-state index in [1.807, 2.05) is 49.9 Å². The number of hydrogen-bond donors (Lipinski definition) is 4. The van der Waals surface area contributed by atoms with Crippen molar-refractivity contribution in [3.05, 3.63) is 53.0 Å². The average Bonchev–Trinajstić information content (AvgIpc) is 4.24. The third-order valence-electron chi connectivity index (χ3n) is 16.1. The Labute approximate surface area is 412 Å². The number of H-pyrrole nitrogens is 2. The number of aromatic amines is 2. The maximum absolute atomic E-state index is 14.1. The fraction of sp³-hybridized carbons (Fsp3) is 0.673. The summed E-state index contributed by atoms with van der Waals surface area (Å²) in [6, 6.07) is 2.91. The van der Waals surface area contributed by atoms with Gasteiger partial charge in [-0.1, -0.05) is 40.7 Å². The highest BCUT2D eigenvalue weighted by Crippen LogP contribution is 2.49. The summed E-state index contributed by atoms with van der Waals surface area (Å²) in [5.74, 6) is 2.37. The van der Waals surface area contributed by atoms with E-state index in [9.17, 15) is 19.2 Å². The van der Waals surface area contributed by atoms with Crippen molar-refractivity contribution in [3.8, 4) is 11.3 Å². The number of hydrogen-bond acceptors (Lipinski definition) is 10. The second-order valence-electron chi connectivity index (χ2n) is 21.5. The lowest BCUT2D eigenvalue weighted by Crippen LogP contribution is -2.56. The van der Waals surface area contributed by atoms with Crippen LogP contribution in [0.3, 0.4) is 0 Å². The summed E-state index contributed by atoms with van der Waals surface area (Å²) in [7, 11) is 0. The molecule has 5 fully saturated rings. The molecular weight excluding hydrogens is 889 g/mol. The van der Waals surface area contributed by atoms with E-state index in [2.05, 4.69) is 44.6 Å². The molecule has 2 aromatic heterocycles. The summed E-state index contributed by atoms with van der Waals surface area (Å²) < 4.78 is 10.9. The highest BCUT2D eigenvalue weighted by atomic mass is 16.5. The molecule has 4 N–H and O–H groups in total. The third kappa shape index (κ3) is 9.78. The largest absolute Gasteiger partial charge is 0.378 e. The Balaban J connectivity index is 0.799. The Morgan fingerprint density at radius 3 is 2.03 bits per heavy atom. The van der Waals surface area contributed by atoms with Gasteiger partial charge in [-0.15, -0.1) is 0 Å². The Bertz CT molecular complexity index is 2410. The minimum Gasteiger partial charge on any atom is -0.378 e. The summed E-state index contributed by atoms with van der Waals surface area (Å²) in [5, 5.41) is 6.12. The fourth-order valence-corrected chi connectivity index (χ4v) is 12.2. The van der Waals surface area contributed by atoms with Crippen LogP contribution in [0.25, 0.3) is 11.3 Å². The number of likely N-dealkylation sites (tertiary alicyclic amines) is 2. The van der Waals surface area contributed by atoms with Crippen molar-refractivity contribution in [1.29, 1.82) is 0 Å². The number of imidazole rings is 2. The first-order valence-corrected chi connectivity index (χ1v) is 26.4. The SMILES string of the molecule is CC1CC2=NC(C1)c1c(N3CCC(c4cnc(C5CCCN5C(=O)C(NC(=O)N5CCOCC5)C(C)C)[nH]4)CC3)ccc(-c3cnc(CC4CCCN4C(=O)C(NC(=O)N4CCOCC4)C(C)C)[nH]3)c12. The van der Waals surface area contributed by atoms with Gasteiger partial charge in [0.2, 0.25) is 11.8 Å². The number of ether oxygens (including phenoxy) is 2. The topological polar surface area (TPSA) is 197 Å². The molecule has 70 heavy (non-hydrogen) atoms. The number of amides is 6. The number of aliphatic imine (C=N–C) groups is 1. The van der Waals surface area contributed by atoms with Gasteiger partial charge in [0, 0.05) is 111 Å². The maximum Gasteiger partial charge on any atom is 0.318 e. The molecule has 0 radical (unpaired) electrons. The van der Waals surface area contributed by atoms with Crippen molar-refractivity contribution in [1.82, 2.24) is 50.2 Å². The van der Waals surface area contributed by atoms with Crippen LogP contribution in [0.2, 0.25) is 0 Å². The molecule has 1 aromatic carbocycles. The summed E-state index contributed by atoms with van der Waals surface area (Å²) >= 11 is 0. The Hall–Kier alpha value is -5.49. The molecule has 0 aliphatic carbocycles. The van der Waals surface area contributed by atoms with Gasteiger partial charge in [-0.25, -0.2) is 19.6 Å². The second kappa shape index (κ2) is 20.7. The van der Waals surface area contributed by atoms with E-state index >= 15 is 0 Å². The third-order valence-corrected chi connectivity index (χ3v) is 16.1. The number of anilines is 1. The Morgan fingerprint density at radius 1 is 0.743 bits per heavy atom. The number of fused-ring (bicyclic) bond motifs is 4. The van der Waals surface area contributed by atoms with E-state index in [1.54, 1.807) is 9.80 Å². The number of nitrogens with one attached hydrogen (secondary N) is 4. The van der Waals surface area contributed by atoms with Gasteiger partial charge in [0.15, 0.2) is 0 Å². The first-order chi connectivity index (χ1) is 33.9. The van der Waals surface area contributed by atoms with Crippen LogP contribution < -0.4 is 15.5 Å². The molecule has 7 aliphatic heterocycles. The molecule has 0 saturated carbocycles. The molecule has 6 unspecified atom stereocenters. The molecule has 10 rings (SSSR count). The summed E-state index contributed by atoms with van der Waals surface area (Å²) in [5.41, 5.74) is 8.30. The predicted octanol–water partition coefficient (Wildman–Crippen LogP) is 5.79. The van der Waals surface area contributed by atoms with E-state index < -0.39 is 12.1 Å². The number of rotatable bonds is 12. The number of aromatic nitrogens is 4. The van der Waals surface area contributed by atoms with Gasteiger partial charge in [-0.3, -0.25) is 14.6 Å². The van der Waals surface area contributed by atoms with E-state index in [0.717, 1.165) is 93.1 Å². The molecule has 0 spiro atoms. The van der Waals surface area contributed by atoms with Gasteiger partial charge in [0.1, 0.15) is 23.7 Å². The fourth-order valence-electron chi connectivity index (χ4n) is 12.2. The lowest BCUT2D eigenvalue weighted by Gasteiger charge is -2.35. The van der Waals surface area contributed by atoms with Gasteiger partial charge >= 0.3 is 12.1 Å². The zero-order valence-corrected chi connectivity index (χ0v) is 41.9. The lowest BCUT2D eigenvalue weighted by molar-refractivity contribution is -0.136. The van der Waals surface area contributed by atoms with Crippen LogP contribution in [-0.4, -0.2) is 166 Å². The maximum atomic E-state index is 14.1. The van der Waals surface area contributed by atoms with Crippen LogP contribution in [0.5, 0.6) is 0 Å².